The van der Waals surface area contributed by atoms with Gasteiger partial charge in [0.05, 0.1) is 11.7 Å². The van der Waals surface area contributed by atoms with Gasteiger partial charge < -0.3 is 10.2 Å². The molecule has 3 atom stereocenters. The van der Waals surface area contributed by atoms with E-state index in [-0.39, 0.29) is 5.91 Å². The summed E-state index contributed by atoms with van der Waals surface area (Å²) in [5, 5.41) is 11.1. The third-order valence-corrected chi connectivity index (χ3v) is 4.51. The molecule has 104 valence electrons. The molecule has 5 nitrogen and oxygen atoms in total. The highest BCUT2D eigenvalue weighted by Crippen LogP contribution is 2.26. The van der Waals surface area contributed by atoms with Crippen molar-refractivity contribution in [1.29, 1.82) is 0 Å². The second-order valence-electron chi connectivity index (χ2n) is 5.99. The minimum atomic E-state index is 0.0222. The molecule has 0 saturated carbocycles. The Bertz CT molecular complexity index is 638. The van der Waals surface area contributed by atoms with Crippen molar-refractivity contribution in [1.82, 2.24) is 20.4 Å². The number of aromatic nitrogens is 2. The SMILES string of the molecule is O=C(N[C@@H]1C[C@@H]2CCN(C2)C1)c1ccc2cn[nH]c2c1. The van der Waals surface area contributed by atoms with Gasteiger partial charge in [-0.1, -0.05) is 6.07 Å². The average Bonchev–Trinajstić information content (AvgIpc) is 3.04. The molecule has 0 aliphatic carbocycles. The second kappa shape index (κ2) is 4.59. The molecule has 1 aromatic heterocycles. The normalized spacial score (nSPS) is 28.7. The van der Waals surface area contributed by atoms with Crippen molar-refractivity contribution in [3.8, 4) is 0 Å². The Kier molecular flexibility index (Phi) is 2.73. The van der Waals surface area contributed by atoms with Crippen molar-refractivity contribution in [2.24, 2.45) is 5.92 Å². The van der Waals surface area contributed by atoms with Gasteiger partial charge in [0.25, 0.3) is 5.91 Å². The van der Waals surface area contributed by atoms with E-state index in [0.29, 0.717) is 11.6 Å². The van der Waals surface area contributed by atoms with E-state index in [2.05, 4.69) is 20.4 Å². The summed E-state index contributed by atoms with van der Waals surface area (Å²) >= 11 is 0. The number of amides is 1. The van der Waals surface area contributed by atoms with Gasteiger partial charge in [-0.05, 0) is 37.4 Å². The third kappa shape index (κ3) is 2.08. The molecule has 1 aromatic carbocycles. The summed E-state index contributed by atoms with van der Waals surface area (Å²) in [7, 11) is 0. The first-order chi connectivity index (χ1) is 9.78. The molecule has 2 bridgehead atoms. The van der Waals surface area contributed by atoms with E-state index >= 15 is 0 Å². The first kappa shape index (κ1) is 11.9. The molecule has 2 aromatic rings. The van der Waals surface area contributed by atoms with Gasteiger partial charge >= 0.3 is 0 Å². The van der Waals surface area contributed by atoms with E-state index in [1.165, 1.54) is 19.5 Å². The van der Waals surface area contributed by atoms with E-state index in [9.17, 15) is 4.79 Å². The number of hydrogen-bond acceptors (Lipinski definition) is 3. The molecular weight excluding hydrogens is 252 g/mol. The summed E-state index contributed by atoms with van der Waals surface area (Å²) in [4.78, 5) is 14.8. The van der Waals surface area contributed by atoms with Crippen LogP contribution in [0.1, 0.15) is 23.2 Å². The molecule has 2 N–H and O–H groups in total. The highest BCUT2D eigenvalue weighted by Gasteiger charge is 2.32. The number of aromatic amines is 1. The Morgan fingerprint density at radius 3 is 3.25 bits per heavy atom. The lowest BCUT2D eigenvalue weighted by molar-refractivity contribution is 0.0909. The Morgan fingerprint density at radius 1 is 1.40 bits per heavy atom. The number of H-pyrrole nitrogens is 1. The van der Waals surface area contributed by atoms with Crippen LogP contribution in [0.4, 0.5) is 0 Å². The van der Waals surface area contributed by atoms with Gasteiger partial charge in [-0.3, -0.25) is 9.89 Å². The number of hydrogen-bond donors (Lipinski definition) is 2. The molecule has 0 spiro atoms. The smallest absolute Gasteiger partial charge is 0.251 e. The maximum atomic E-state index is 12.3. The van der Waals surface area contributed by atoms with Crippen molar-refractivity contribution in [2.75, 3.05) is 19.6 Å². The monoisotopic (exact) mass is 270 g/mol. The Labute approximate surface area is 117 Å². The molecule has 1 amide bonds. The largest absolute Gasteiger partial charge is 0.348 e. The molecule has 2 aliphatic heterocycles. The highest BCUT2D eigenvalue weighted by molar-refractivity contribution is 5.97. The molecule has 3 heterocycles. The summed E-state index contributed by atoms with van der Waals surface area (Å²) in [5.74, 6) is 0.790. The Balaban J connectivity index is 1.49. The molecular formula is C15H18N4O. The van der Waals surface area contributed by atoms with Crippen molar-refractivity contribution in [3.05, 3.63) is 30.0 Å². The highest BCUT2D eigenvalue weighted by atomic mass is 16.1. The quantitative estimate of drug-likeness (QED) is 0.867. The number of benzene rings is 1. The van der Waals surface area contributed by atoms with Gasteiger partial charge in [-0.25, -0.2) is 0 Å². The number of piperidine rings is 1. The molecule has 4 rings (SSSR count). The second-order valence-corrected chi connectivity index (χ2v) is 5.99. The summed E-state index contributed by atoms with van der Waals surface area (Å²) in [5.41, 5.74) is 1.61. The number of nitrogens with zero attached hydrogens (tertiary/aromatic N) is 2. The molecule has 2 fully saturated rings. The van der Waals surface area contributed by atoms with Crippen LogP contribution in [0, 0.1) is 5.92 Å². The fourth-order valence-electron chi connectivity index (χ4n) is 3.51. The van der Waals surface area contributed by atoms with Crippen molar-refractivity contribution < 1.29 is 4.79 Å². The van der Waals surface area contributed by atoms with Crippen LogP contribution in [0.25, 0.3) is 10.9 Å². The van der Waals surface area contributed by atoms with Crippen LogP contribution in [0.15, 0.2) is 24.4 Å². The van der Waals surface area contributed by atoms with Crippen LogP contribution in [0.2, 0.25) is 0 Å². The molecule has 1 unspecified atom stereocenters. The lowest BCUT2D eigenvalue weighted by Crippen LogP contribution is -2.47. The first-order valence-electron chi connectivity index (χ1n) is 7.24. The zero-order valence-corrected chi connectivity index (χ0v) is 11.3. The zero-order valence-electron chi connectivity index (χ0n) is 11.3. The van der Waals surface area contributed by atoms with Gasteiger partial charge in [0.15, 0.2) is 0 Å². The predicted octanol–water partition coefficient (Wildman–Crippen LogP) is 1.39. The number of fused-ring (bicyclic) bond motifs is 3. The van der Waals surface area contributed by atoms with Crippen LogP contribution in [0.3, 0.4) is 0 Å². The summed E-state index contributed by atoms with van der Waals surface area (Å²) in [6, 6.07) is 5.96. The van der Waals surface area contributed by atoms with E-state index in [1.807, 2.05) is 18.2 Å². The van der Waals surface area contributed by atoms with Gasteiger partial charge in [0.2, 0.25) is 0 Å². The molecule has 2 aliphatic rings. The molecule has 0 radical (unpaired) electrons. The van der Waals surface area contributed by atoms with Gasteiger partial charge in [-0.15, -0.1) is 0 Å². The van der Waals surface area contributed by atoms with Crippen LogP contribution >= 0.6 is 0 Å². The summed E-state index contributed by atoms with van der Waals surface area (Å²) < 4.78 is 0. The van der Waals surface area contributed by atoms with E-state index in [0.717, 1.165) is 29.8 Å². The van der Waals surface area contributed by atoms with E-state index < -0.39 is 0 Å². The van der Waals surface area contributed by atoms with Crippen LogP contribution in [-0.2, 0) is 0 Å². The number of rotatable bonds is 2. The van der Waals surface area contributed by atoms with Crippen molar-refractivity contribution in [3.63, 3.8) is 0 Å². The van der Waals surface area contributed by atoms with Crippen LogP contribution < -0.4 is 5.32 Å². The lowest BCUT2D eigenvalue weighted by Gasteiger charge is -2.30. The van der Waals surface area contributed by atoms with Crippen LogP contribution in [-0.4, -0.2) is 46.7 Å². The van der Waals surface area contributed by atoms with E-state index in [1.54, 1.807) is 6.20 Å². The number of nitrogens with one attached hydrogen (secondary N) is 2. The first-order valence-corrected chi connectivity index (χ1v) is 7.24. The number of carbonyl (C=O) groups is 1. The standard InChI is InChI=1S/C15H18N4O/c20-15(11-1-2-12-7-16-18-14(12)6-11)17-13-5-10-3-4-19(8-10)9-13/h1-2,6-7,10,13H,3-5,8-9H2,(H,16,18)(H,17,20)/t10-,13+/m0/s1. The van der Waals surface area contributed by atoms with Crippen molar-refractivity contribution >= 4 is 16.8 Å². The lowest BCUT2D eigenvalue weighted by atomic mass is 9.96. The minimum Gasteiger partial charge on any atom is -0.348 e. The Morgan fingerprint density at radius 2 is 2.35 bits per heavy atom. The van der Waals surface area contributed by atoms with Gasteiger partial charge in [0, 0.05) is 30.1 Å². The maximum Gasteiger partial charge on any atom is 0.251 e. The van der Waals surface area contributed by atoms with E-state index in [4.69, 9.17) is 0 Å². The summed E-state index contributed by atoms with van der Waals surface area (Å²) in [6.07, 6.45) is 4.17. The van der Waals surface area contributed by atoms with Gasteiger partial charge in [0.1, 0.15) is 0 Å². The topological polar surface area (TPSA) is 61.0 Å². The van der Waals surface area contributed by atoms with Gasteiger partial charge in [-0.2, -0.15) is 5.10 Å². The fourth-order valence-corrected chi connectivity index (χ4v) is 3.51. The predicted molar refractivity (Wildman–Crippen MR) is 76.5 cm³/mol. The Hall–Kier alpha value is -1.88. The van der Waals surface area contributed by atoms with Crippen LogP contribution in [0.5, 0.6) is 0 Å². The average molecular weight is 270 g/mol. The fraction of sp³-hybridized carbons (Fsp3) is 0.467. The molecule has 2 saturated heterocycles. The molecule has 20 heavy (non-hydrogen) atoms. The molecule has 5 heteroatoms. The summed E-state index contributed by atoms with van der Waals surface area (Å²) in [6.45, 7) is 3.40. The maximum absolute atomic E-state index is 12.3. The third-order valence-electron chi connectivity index (χ3n) is 4.51. The minimum absolute atomic E-state index is 0.0222. The number of carbonyl (C=O) groups excluding carboxylic acids is 1. The zero-order chi connectivity index (χ0) is 13.5. The van der Waals surface area contributed by atoms with Crippen molar-refractivity contribution in [2.45, 2.75) is 18.9 Å².